The molecular formula is C11H20N4. The molecule has 1 aliphatic heterocycles. The first kappa shape index (κ1) is 10.6. The molecule has 0 spiro atoms. The molecule has 4 nitrogen and oxygen atoms in total. The van der Waals surface area contributed by atoms with Crippen molar-refractivity contribution in [3.05, 3.63) is 11.6 Å². The summed E-state index contributed by atoms with van der Waals surface area (Å²) in [5.41, 5.74) is 5.48. The van der Waals surface area contributed by atoms with E-state index in [1.165, 1.54) is 12.2 Å². The zero-order chi connectivity index (χ0) is 10.7. The SMILES string of the molecule is CC1CCn2c(CCCCN)nnc2C1. The number of hydrogen-bond acceptors (Lipinski definition) is 3. The lowest BCUT2D eigenvalue weighted by Crippen LogP contribution is -2.19. The van der Waals surface area contributed by atoms with Crippen LogP contribution >= 0.6 is 0 Å². The fourth-order valence-electron chi connectivity index (χ4n) is 2.16. The number of unbranched alkanes of at least 4 members (excludes halogenated alkanes) is 1. The van der Waals surface area contributed by atoms with Gasteiger partial charge in [-0.25, -0.2) is 0 Å². The molecule has 0 bridgehead atoms. The van der Waals surface area contributed by atoms with E-state index in [4.69, 9.17) is 5.73 Å². The maximum Gasteiger partial charge on any atom is 0.133 e. The van der Waals surface area contributed by atoms with Crippen molar-refractivity contribution < 1.29 is 0 Å². The van der Waals surface area contributed by atoms with Crippen LogP contribution in [0.3, 0.4) is 0 Å². The fraction of sp³-hybridized carbons (Fsp3) is 0.818. The van der Waals surface area contributed by atoms with Crippen molar-refractivity contribution in [2.75, 3.05) is 6.54 Å². The Hall–Kier alpha value is -0.900. The summed E-state index contributed by atoms with van der Waals surface area (Å²) in [4.78, 5) is 0. The molecule has 1 atom stereocenters. The van der Waals surface area contributed by atoms with Crippen molar-refractivity contribution >= 4 is 0 Å². The second kappa shape index (κ2) is 4.75. The minimum Gasteiger partial charge on any atom is -0.330 e. The smallest absolute Gasteiger partial charge is 0.133 e. The molecule has 0 aromatic carbocycles. The van der Waals surface area contributed by atoms with Gasteiger partial charge in [-0.1, -0.05) is 6.92 Å². The predicted octanol–water partition coefficient (Wildman–Crippen LogP) is 1.14. The summed E-state index contributed by atoms with van der Waals surface area (Å²) in [6.07, 6.45) is 5.58. The van der Waals surface area contributed by atoms with Gasteiger partial charge < -0.3 is 10.3 Å². The zero-order valence-electron chi connectivity index (χ0n) is 9.45. The first-order valence-electron chi connectivity index (χ1n) is 5.92. The molecule has 2 heterocycles. The number of aromatic nitrogens is 3. The van der Waals surface area contributed by atoms with Crippen LogP contribution in [0.15, 0.2) is 0 Å². The number of fused-ring (bicyclic) bond motifs is 1. The van der Waals surface area contributed by atoms with Crippen LogP contribution < -0.4 is 5.73 Å². The number of nitrogens with zero attached hydrogens (tertiary/aromatic N) is 3. The highest BCUT2D eigenvalue weighted by atomic mass is 15.3. The molecule has 4 heteroatoms. The normalized spacial score (nSPS) is 20.3. The predicted molar refractivity (Wildman–Crippen MR) is 59.5 cm³/mol. The van der Waals surface area contributed by atoms with E-state index in [-0.39, 0.29) is 0 Å². The highest BCUT2D eigenvalue weighted by Crippen LogP contribution is 2.20. The maximum absolute atomic E-state index is 5.48. The third-order valence-electron chi connectivity index (χ3n) is 3.14. The van der Waals surface area contributed by atoms with E-state index in [9.17, 15) is 0 Å². The summed E-state index contributed by atoms with van der Waals surface area (Å²) in [7, 11) is 0. The largest absolute Gasteiger partial charge is 0.330 e. The minimum atomic E-state index is 0.763. The molecule has 0 aliphatic carbocycles. The molecule has 1 aromatic heterocycles. The van der Waals surface area contributed by atoms with Crippen LogP contribution in [0.25, 0.3) is 0 Å². The topological polar surface area (TPSA) is 56.7 Å². The maximum atomic E-state index is 5.48. The molecule has 15 heavy (non-hydrogen) atoms. The van der Waals surface area contributed by atoms with E-state index in [2.05, 4.69) is 21.7 Å². The number of hydrogen-bond donors (Lipinski definition) is 1. The molecule has 1 unspecified atom stereocenters. The van der Waals surface area contributed by atoms with Crippen molar-refractivity contribution in [3.63, 3.8) is 0 Å². The van der Waals surface area contributed by atoms with Crippen LogP contribution in [0.1, 0.15) is 37.8 Å². The van der Waals surface area contributed by atoms with Gasteiger partial charge in [0.05, 0.1) is 0 Å². The Kier molecular flexibility index (Phi) is 3.36. The van der Waals surface area contributed by atoms with Crippen molar-refractivity contribution in [2.45, 2.75) is 45.6 Å². The lowest BCUT2D eigenvalue weighted by Gasteiger charge is -2.20. The summed E-state index contributed by atoms with van der Waals surface area (Å²) < 4.78 is 2.30. The Morgan fingerprint density at radius 2 is 2.27 bits per heavy atom. The lowest BCUT2D eigenvalue weighted by molar-refractivity contribution is 0.401. The Morgan fingerprint density at radius 3 is 3.07 bits per heavy atom. The highest BCUT2D eigenvalue weighted by molar-refractivity contribution is 5.00. The molecule has 0 amide bonds. The van der Waals surface area contributed by atoms with Crippen LogP contribution in [-0.4, -0.2) is 21.3 Å². The summed E-state index contributed by atoms with van der Waals surface area (Å²) in [5.74, 6) is 3.10. The fourth-order valence-corrected chi connectivity index (χ4v) is 2.16. The standard InChI is InChI=1S/C11H20N4/c1-9-5-7-15-10(4-2-3-6-12)13-14-11(15)8-9/h9H,2-8,12H2,1H3. The molecule has 0 saturated heterocycles. The van der Waals surface area contributed by atoms with Crippen molar-refractivity contribution in [1.29, 1.82) is 0 Å². The van der Waals surface area contributed by atoms with Gasteiger partial charge in [0.2, 0.25) is 0 Å². The van der Waals surface area contributed by atoms with E-state index in [1.54, 1.807) is 0 Å². The third kappa shape index (κ3) is 2.37. The van der Waals surface area contributed by atoms with Crippen molar-refractivity contribution in [3.8, 4) is 0 Å². The lowest BCUT2D eigenvalue weighted by atomic mass is 10.0. The van der Waals surface area contributed by atoms with Gasteiger partial charge in [0.1, 0.15) is 11.6 Å². The third-order valence-corrected chi connectivity index (χ3v) is 3.14. The molecule has 1 aromatic rings. The van der Waals surface area contributed by atoms with E-state index in [1.807, 2.05) is 0 Å². The monoisotopic (exact) mass is 208 g/mol. The first-order valence-corrected chi connectivity index (χ1v) is 5.92. The Morgan fingerprint density at radius 1 is 1.40 bits per heavy atom. The molecule has 0 fully saturated rings. The van der Waals surface area contributed by atoms with Crippen LogP contribution in [0.4, 0.5) is 0 Å². The van der Waals surface area contributed by atoms with Crippen LogP contribution in [0, 0.1) is 5.92 Å². The summed E-state index contributed by atoms with van der Waals surface area (Å²) >= 11 is 0. The minimum absolute atomic E-state index is 0.763. The van der Waals surface area contributed by atoms with Gasteiger partial charge in [-0.2, -0.15) is 0 Å². The van der Waals surface area contributed by atoms with Crippen molar-refractivity contribution in [2.24, 2.45) is 11.7 Å². The Balaban J connectivity index is 2.01. The average molecular weight is 208 g/mol. The van der Waals surface area contributed by atoms with E-state index in [0.717, 1.165) is 50.5 Å². The number of rotatable bonds is 4. The number of aryl methyl sites for hydroxylation is 1. The molecule has 2 rings (SSSR count). The van der Waals surface area contributed by atoms with Gasteiger partial charge in [-0.3, -0.25) is 0 Å². The van der Waals surface area contributed by atoms with Crippen LogP contribution in [-0.2, 0) is 19.4 Å². The van der Waals surface area contributed by atoms with E-state index < -0.39 is 0 Å². The van der Waals surface area contributed by atoms with Gasteiger partial charge in [-0.05, 0) is 31.7 Å². The van der Waals surface area contributed by atoms with Gasteiger partial charge in [0.15, 0.2) is 0 Å². The zero-order valence-corrected chi connectivity index (χ0v) is 9.45. The van der Waals surface area contributed by atoms with E-state index in [0.29, 0.717) is 0 Å². The molecule has 2 N–H and O–H groups in total. The van der Waals surface area contributed by atoms with Crippen molar-refractivity contribution in [1.82, 2.24) is 14.8 Å². The summed E-state index contributed by atoms with van der Waals surface area (Å²) in [5, 5.41) is 8.54. The molecule has 0 saturated carbocycles. The second-order valence-electron chi connectivity index (χ2n) is 4.53. The number of nitrogens with two attached hydrogens (primary N) is 1. The molecular weight excluding hydrogens is 188 g/mol. The summed E-state index contributed by atoms with van der Waals surface area (Å²) in [6.45, 7) is 4.16. The molecule has 1 aliphatic rings. The van der Waals surface area contributed by atoms with Gasteiger partial charge in [0, 0.05) is 19.4 Å². The highest BCUT2D eigenvalue weighted by Gasteiger charge is 2.19. The van der Waals surface area contributed by atoms with E-state index >= 15 is 0 Å². The quantitative estimate of drug-likeness (QED) is 0.755. The Labute approximate surface area is 90.9 Å². The van der Waals surface area contributed by atoms with Gasteiger partial charge in [0.25, 0.3) is 0 Å². The van der Waals surface area contributed by atoms with Crippen LogP contribution in [0.2, 0.25) is 0 Å². The van der Waals surface area contributed by atoms with Gasteiger partial charge in [-0.15, -0.1) is 10.2 Å². The molecule has 84 valence electrons. The first-order chi connectivity index (χ1) is 7.31. The second-order valence-corrected chi connectivity index (χ2v) is 4.53. The summed E-state index contributed by atoms with van der Waals surface area (Å²) in [6, 6.07) is 0. The van der Waals surface area contributed by atoms with Gasteiger partial charge >= 0.3 is 0 Å². The molecule has 0 radical (unpaired) electrons. The average Bonchev–Trinajstić information content (AvgIpc) is 2.61. The van der Waals surface area contributed by atoms with Crippen LogP contribution in [0.5, 0.6) is 0 Å². The Bertz CT molecular complexity index is 318.